The van der Waals surface area contributed by atoms with Crippen molar-refractivity contribution in [3.05, 3.63) is 34.8 Å². The van der Waals surface area contributed by atoms with Gasteiger partial charge in [-0.05, 0) is 37.1 Å². The van der Waals surface area contributed by atoms with Crippen LogP contribution >= 0.6 is 23.1 Å². The second-order valence-electron chi connectivity index (χ2n) is 5.33. The van der Waals surface area contributed by atoms with Gasteiger partial charge in [-0.2, -0.15) is 0 Å². The summed E-state index contributed by atoms with van der Waals surface area (Å²) in [5.74, 6) is 0.925. The summed E-state index contributed by atoms with van der Waals surface area (Å²) in [6.45, 7) is 3.93. The van der Waals surface area contributed by atoms with E-state index in [0.717, 1.165) is 38.7 Å². The smallest absolute Gasteiger partial charge is 0.236 e. The molecule has 0 saturated carbocycles. The number of thioether (sulfide) groups is 1. The molecule has 1 amide bonds. The highest BCUT2D eigenvalue weighted by Gasteiger charge is 2.11. The van der Waals surface area contributed by atoms with Crippen LogP contribution in [0.15, 0.2) is 29.3 Å². The van der Waals surface area contributed by atoms with E-state index >= 15 is 0 Å². The molecular formula is C17H18N4O2S2. The first kappa shape index (κ1) is 17.6. The summed E-state index contributed by atoms with van der Waals surface area (Å²) in [4.78, 5) is 16.8. The maximum atomic E-state index is 12.1. The number of hydrogen-bond donors (Lipinski definition) is 1. The molecule has 2 heterocycles. The standard InChI is InChI=1S/C17H18N4O2S2/c1-4-11-7-12-5-6-13(23-3)8-14(12)18-16(11)24-9-15(22)19-17-21-20-10(2)25-17/h5-8H,4,9H2,1-3H3,(H,19,21,22). The van der Waals surface area contributed by atoms with Crippen molar-refractivity contribution in [3.63, 3.8) is 0 Å². The lowest BCUT2D eigenvalue weighted by Crippen LogP contribution is -2.14. The van der Waals surface area contributed by atoms with Gasteiger partial charge in [-0.1, -0.05) is 30.0 Å². The molecule has 0 fully saturated rings. The van der Waals surface area contributed by atoms with E-state index in [-0.39, 0.29) is 11.7 Å². The third-order valence-electron chi connectivity index (χ3n) is 3.56. The van der Waals surface area contributed by atoms with Gasteiger partial charge in [-0.25, -0.2) is 4.98 Å². The minimum Gasteiger partial charge on any atom is -0.497 e. The van der Waals surface area contributed by atoms with Crippen LogP contribution in [0.4, 0.5) is 5.13 Å². The van der Waals surface area contributed by atoms with E-state index < -0.39 is 0 Å². The van der Waals surface area contributed by atoms with Gasteiger partial charge in [-0.3, -0.25) is 10.1 Å². The molecule has 0 bridgehead atoms. The number of amides is 1. The zero-order valence-electron chi connectivity index (χ0n) is 14.2. The van der Waals surface area contributed by atoms with Crippen molar-refractivity contribution in [1.82, 2.24) is 15.2 Å². The zero-order valence-corrected chi connectivity index (χ0v) is 15.8. The predicted octanol–water partition coefficient (Wildman–Crippen LogP) is 3.70. The van der Waals surface area contributed by atoms with E-state index in [2.05, 4.69) is 28.5 Å². The molecule has 1 aromatic carbocycles. The first-order chi connectivity index (χ1) is 12.1. The summed E-state index contributed by atoms with van der Waals surface area (Å²) in [5.41, 5.74) is 1.99. The number of rotatable bonds is 6. The van der Waals surface area contributed by atoms with Crippen molar-refractivity contribution in [2.24, 2.45) is 0 Å². The highest BCUT2D eigenvalue weighted by molar-refractivity contribution is 8.00. The van der Waals surface area contributed by atoms with Crippen molar-refractivity contribution in [2.75, 3.05) is 18.2 Å². The maximum Gasteiger partial charge on any atom is 0.236 e. The Morgan fingerprint density at radius 3 is 2.84 bits per heavy atom. The van der Waals surface area contributed by atoms with Crippen molar-refractivity contribution < 1.29 is 9.53 Å². The molecule has 1 N–H and O–H groups in total. The molecule has 0 radical (unpaired) electrons. The molecule has 0 unspecified atom stereocenters. The van der Waals surface area contributed by atoms with Crippen LogP contribution in [0.3, 0.4) is 0 Å². The summed E-state index contributed by atoms with van der Waals surface area (Å²) in [5, 5.41) is 13.8. The molecule has 0 aliphatic heterocycles. The number of hydrogen-bond acceptors (Lipinski definition) is 7. The van der Waals surface area contributed by atoms with Crippen molar-refractivity contribution in [2.45, 2.75) is 25.3 Å². The highest BCUT2D eigenvalue weighted by atomic mass is 32.2. The SMILES string of the molecule is CCc1cc2ccc(OC)cc2nc1SCC(=O)Nc1nnc(C)s1. The summed E-state index contributed by atoms with van der Waals surface area (Å²) in [6, 6.07) is 7.95. The lowest BCUT2D eigenvalue weighted by atomic mass is 10.1. The van der Waals surface area contributed by atoms with E-state index in [1.807, 2.05) is 25.1 Å². The number of aryl methyl sites for hydroxylation is 2. The quantitative estimate of drug-likeness (QED) is 0.663. The fourth-order valence-electron chi connectivity index (χ4n) is 2.31. The summed E-state index contributed by atoms with van der Waals surface area (Å²) < 4.78 is 5.26. The normalized spacial score (nSPS) is 10.8. The van der Waals surface area contributed by atoms with Gasteiger partial charge in [0.05, 0.1) is 18.4 Å². The van der Waals surface area contributed by atoms with Crippen LogP contribution in [-0.4, -0.2) is 34.0 Å². The number of fused-ring (bicyclic) bond motifs is 1. The molecule has 0 saturated heterocycles. The number of nitrogens with zero attached hydrogens (tertiary/aromatic N) is 3. The number of benzene rings is 1. The molecule has 3 aromatic rings. The fraction of sp³-hybridized carbons (Fsp3) is 0.294. The van der Waals surface area contributed by atoms with Crippen LogP contribution < -0.4 is 10.1 Å². The van der Waals surface area contributed by atoms with E-state index in [4.69, 9.17) is 9.72 Å². The molecule has 0 spiro atoms. The number of pyridine rings is 1. The molecule has 130 valence electrons. The predicted molar refractivity (Wildman–Crippen MR) is 102 cm³/mol. The van der Waals surface area contributed by atoms with Gasteiger partial charge < -0.3 is 4.74 Å². The summed E-state index contributed by atoms with van der Waals surface area (Å²) in [7, 11) is 1.64. The van der Waals surface area contributed by atoms with Crippen LogP contribution in [0, 0.1) is 6.92 Å². The van der Waals surface area contributed by atoms with Crippen molar-refractivity contribution >= 4 is 45.0 Å². The molecule has 0 atom stereocenters. The van der Waals surface area contributed by atoms with Gasteiger partial charge in [-0.15, -0.1) is 10.2 Å². The monoisotopic (exact) mass is 374 g/mol. The Labute approximate surface area is 154 Å². The zero-order chi connectivity index (χ0) is 17.8. The molecule has 0 aliphatic carbocycles. The third-order valence-corrected chi connectivity index (χ3v) is 5.34. The van der Waals surface area contributed by atoms with Gasteiger partial charge in [0.15, 0.2) is 0 Å². The number of nitrogens with one attached hydrogen (secondary N) is 1. The molecule has 6 nitrogen and oxygen atoms in total. The minimum absolute atomic E-state index is 0.115. The molecule has 2 aromatic heterocycles. The van der Waals surface area contributed by atoms with E-state index in [1.54, 1.807) is 7.11 Å². The van der Waals surface area contributed by atoms with Crippen LogP contribution in [0.5, 0.6) is 5.75 Å². The van der Waals surface area contributed by atoms with E-state index in [0.29, 0.717) is 5.13 Å². The van der Waals surface area contributed by atoms with Gasteiger partial charge >= 0.3 is 0 Å². The third kappa shape index (κ3) is 4.26. The highest BCUT2D eigenvalue weighted by Crippen LogP contribution is 2.28. The van der Waals surface area contributed by atoms with Crippen LogP contribution in [0.25, 0.3) is 10.9 Å². The Morgan fingerprint density at radius 2 is 2.16 bits per heavy atom. The lowest BCUT2D eigenvalue weighted by molar-refractivity contribution is -0.113. The van der Waals surface area contributed by atoms with Crippen LogP contribution in [-0.2, 0) is 11.2 Å². The number of aromatic nitrogens is 3. The topological polar surface area (TPSA) is 77.0 Å². The van der Waals surface area contributed by atoms with E-state index in [1.165, 1.54) is 23.1 Å². The number of ether oxygens (including phenoxy) is 1. The Balaban J connectivity index is 1.76. The molecule has 3 rings (SSSR count). The number of anilines is 1. The van der Waals surface area contributed by atoms with Crippen molar-refractivity contribution in [1.29, 1.82) is 0 Å². The number of carbonyl (C=O) groups excluding carboxylic acids is 1. The molecule has 25 heavy (non-hydrogen) atoms. The van der Waals surface area contributed by atoms with Gasteiger partial charge in [0.1, 0.15) is 15.8 Å². The Hall–Kier alpha value is -2.19. The Kier molecular flexibility index (Phi) is 5.50. The Bertz CT molecular complexity index is 911. The minimum atomic E-state index is -0.115. The van der Waals surface area contributed by atoms with Crippen molar-refractivity contribution in [3.8, 4) is 5.75 Å². The fourth-order valence-corrected chi connectivity index (χ4v) is 3.81. The second-order valence-corrected chi connectivity index (χ2v) is 7.47. The number of methoxy groups -OCH3 is 1. The number of carbonyl (C=O) groups is 1. The van der Waals surface area contributed by atoms with Gasteiger partial charge in [0, 0.05) is 11.5 Å². The lowest BCUT2D eigenvalue weighted by Gasteiger charge is -2.09. The molecular weight excluding hydrogens is 356 g/mol. The van der Waals surface area contributed by atoms with Gasteiger partial charge in [0.25, 0.3) is 0 Å². The maximum absolute atomic E-state index is 12.1. The van der Waals surface area contributed by atoms with E-state index in [9.17, 15) is 4.79 Å². The summed E-state index contributed by atoms with van der Waals surface area (Å²) >= 11 is 2.78. The van der Waals surface area contributed by atoms with Crippen LogP contribution in [0.2, 0.25) is 0 Å². The first-order valence-corrected chi connectivity index (χ1v) is 9.59. The average molecular weight is 374 g/mol. The second kappa shape index (κ2) is 7.79. The Morgan fingerprint density at radius 1 is 1.32 bits per heavy atom. The summed E-state index contributed by atoms with van der Waals surface area (Å²) in [6.07, 6.45) is 0.856. The molecule has 8 heteroatoms. The average Bonchev–Trinajstić information content (AvgIpc) is 3.03. The van der Waals surface area contributed by atoms with Crippen LogP contribution in [0.1, 0.15) is 17.5 Å². The van der Waals surface area contributed by atoms with Gasteiger partial charge in [0.2, 0.25) is 11.0 Å². The largest absolute Gasteiger partial charge is 0.497 e. The molecule has 0 aliphatic rings. The first-order valence-electron chi connectivity index (χ1n) is 7.79.